The highest BCUT2D eigenvalue weighted by Gasteiger charge is 2.28. The SMILES string of the molecule is COCCCN(C)S(=O)(=O)c1cc(Cl)cc(C(=O)O)c1F. The molecule has 0 saturated heterocycles. The van der Waals surface area contributed by atoms with Crippen molar-refractivity contribution >= 4 is 27.6 Å². The molecule has 0 spiro atoms. The molecule has 0 unspecified atom stereocenters. The fourth-order valence-corrected chi connectivity index (χ4v) is 3.23. The second-order valence-corrected chi connectivity index (χ2v) is 6.69. The molecular formula is C12H15ClFNO5S. The molecule has 0 aliphatic heterocycles. The maximum Gasteiger partial charge on any atom is 0.338 e. The summed E-state index contributed by atoms with van der Waals surface area (Å²) in [6, 6.07) is 1.76. The Kier molecular flexibility index (Phi) is 6.09. The first-order valence-electron chi connectivity index (χ1n) is 5.89. The van der Waals surface area contributed by atoms with Crippen LogP contribution in [-0.4, -0.2) is 51.1 Å². The molecule has 9 heteroatoms. The number of carboxylic acid groups (broad SMARTS) is 1. The Hall–Kier alpha value is -1.22. The molecule has 0 aliphatic carbocycles. The summed E-state index contributed by atoms with van der Waals surface area (Å²) in [5.41, 5.74) is -0.786. The third kappa shape index (κ3) is 4.13. The molecule has 0 heterocycles. The molecule has 1 aromatic rings. The van der Waals surface area contributed by atoms with E-state index < -0.39 is 32.3 Å². The van der Waals surface area contributed by atoms with Crippen LogP contribution >= 0.6 is 11.6 Å². The van der Waals surface area contributed by atoms with Gasteiger partial charge in [0.15, 0.2) is 5.82 Å². The summed E-state index contributed by atoms with van der Waals surface area (Å²) in [7, 11) is -1.43. The predicted molar refractivity (Wildman–Crippen MR) is 74.7 cm³/mol. The van der Waals surface area contributed by atoms with Crippen LogP contribution in [0.2, 0.25) is 5.02 Å². The molecule has 1 aromatic carbocycles. The number of carbonyl (C=O) groups is 1. The van der Waals surface area contributed by atoms with Crippen molar-refractivity contribution in [2.45, 2.75) is 11.3 Å². The van der Waals surface area contributed by atoms with E-state index in [0.717, 1.165) is 16.4 Å². The minimum absolute atomic E-state index is 0.102. The van der Waals surface area contributed by atoms with Crippen LogP contribution in [0.25, 0.3) is 0 Å². The zero-order chi connectivity index (χ0) is 16.2. The monoisotopic (exact) mass is 339 g/mol. The normalized spacial score (nSPS) is 11.9. The van der Waals surface area contributed by atoms with Gasteiger partial charge in [-0.3, -0.25) is 0 Å². The molecule has 0 radical (unpaired) electrons. The van der Waals surface area contributed by atoms with Gasteiger partial charge in [0.25, 0.3) is 0 Å². The summed E-state index contributed by atoms with van der Waals surface area (Å²) in [5.74, 6) is -2.92. The Morgan fingerprint density at radius 3 is 2.62 bits per heavy atom. The lowest BCUT2D eigenvalue weighted by atomic mass is 10.2. The first kappa shape index (κ1) is 17.8. The molecule has 21 heavy (non-hydrogen) atoms. The lowest BCUT2D eigenvalue weighted by molar-refractivity contribution is 0.0691. The third-order valence-electron chi connectivity index (χ3n) is 2.74. The minimum atomic E-state index is -4.17. The molecule has 0 amide bonds. The Morgan fingerprint density at radius 2 is 2.10 bits per heavy atom. The number of carboxylic acids is 1. The Bertz CT molecular complexity index is 635. The molecular weight excluding hydrogens is 325 g/mol. The number of hydrogen-bond donors (Lipinski definition) is 1. The highest BCUT2D eigenvalue weighted by Crippen LogP contribution is 2.26. The van der Waals surface area contributed by atoms with E-state index in [2.05, 4.69) is 0 Å². The van der Waals surface area contributed by atoms with E-state index in [-0.39, 0.29) is 11.6 Å². The van der Waals surface area contributed by atoms with Crippen molar-refractivity contribution in [1.82, 2.24) is 4.31 Å². The molecule has 0 fully saturated rings. The second kappa shape index (κ2) is 7.17. The summed E-state index contributed by atoms with van der Waals surface area (Å²) >= 11 is 5.67. The molecule has 1 N–H and O–H groups in total. The molecule has 0 atom stereocenters. The van der Waals surface area contributed by atoms with E-state index in [1.807, 2.05) is 0 Å². The third-order valence-corrected chi connectivity index (χ3v) is 4.82. The van der Waals surface area contributed by atoms with E-state index in [9.17, 15) is 17.6 Å². The molecule has 0 saturated carbocycles. The smallest absolute Gasteiger partial charge is 0.338 e. The Morgan fingerprint density at radius 1 is 1.48 bits per heavy atom. The van der Waals surface area contributed by atoms with Crippen molar-refractivity contribution in [2.75, 3.05) is 27.3 Å². The maximum atomic E-state index is 14.1. The summed E-state index contributed by atoms with van der Waals surface area (Å²) in [4.78, 5) is 10.2. The number of aromatic carboxylic acids is 1. The predicted octanol–water partition coefficient (Wildman–Crippen LogP) is 1.83. The van der Waals surface area contributed by atoms with Crippen molar-refractivity contribution in [2.24, 2.45) is 0 Å². The van der Waals surface area contributed by atoms with Gasteiger partial charge in [0.05, 0.1) is 5.56 Å². The fourth-order valence-electron chi connectivity index (χ4n) is 1.63. The lowest BCUT2D eigenvalue weighted by Gasteiger charge is -2.18. The van der Waals surface area contributed by atoms with Gasteiger partial charge in [0.2, 0.25) is 10.0 Å². The van der Waals surface area contributed by atoms with Crippen molar-refractivity contribution < 1.29 is 27.4 Å². The highest BCUT2D eigenvalue weighted by molar-refractivity contribution is 7.89. The van der Waals surface area contributed by atoms with Crippen LogP contribution in [0, 0.1) is 5.82 Å². The van der Waals surface area contributed by atoms with Gasteiger partial charge in [-0.1, -0.05) is 11.6 Å². The highest BCUT2D eigenvalue weighted by atomic mass is 35.5. The van der Waals surface area contributed by atoms with Crippen LogP contribution in [0.4, 0.5) is 4.39 Å². The lowest BCUT2D eigenvalue weighted by Crippen LogP contribution is -2.29. The van der Waals surface area contributed by atoms with E-state index in [1.165, 1.54) is 14.2 Å². The summed E-state index contributed by atoms with van der Waals surface area (Å²) in [5, 5.41) is 8.70. The largest absolute Gasteiger partial charge is 0.478 e. The molecule has 0 aromatic heterocycles. The van der Waals surface area contributed by atoms with E-state index in [0.29, 0.717) is 13.0 Å². The van der Waals surface area contributed by atoms with Gasteiger partial charge in [-0.2, -0.15) is 0 Å². The Balaban J connectivity index is 3.22. The van der Waals surface area contributed by atoms with Crippen molar-refractivity contribution in [3.05, 3.63) is 28.5 Å². The molecule has 0 bridgehead atoms. The number of rotatable bonds is 7. The van der Waals surface area contributed by atoms with Gasteiger partial charge in [-0.15, -0.1) is 0 Å². The van der Waals surface area contributed by atoms with Gasteiger partial charge >= 0.3 is 5.97 Å². The molecule has 6 nitrogen and oxygen atoms in total. The van der Waals surface area contributed by atoms with Gasteiger partial charge < -0.3 is 9.84 Å². The van der Waals surface area contributed by atoms with Gasteiger partial charge in [-0.05, 0) is 18.6 Å². The summed E-state index contributed by atoms with van der Waals surface area (Å²) < 4.78 is 44.3. The van der Waals surface area contributed by atoms with Gasteiger partial charge in [0, 0.05) is 32.3 Å². The van der Waals surface area contributed by atoms with Crippen LogP contribution in [-0.2, 0) is 14.8 Å². The van der Waals surface area contributed by atoms with Crippen LogP contribution < -0.4 is 0 Å². The zero-order valence-corrected chi connectivity index (χ0v) is 13.0. The summed E-state index contributed by atoms with van der Waals surface area (Å²) in [6.07, 6.45) is 0.417. The molecule has 0 aliphatic rings. The van der Waals surface area contributed by atoms with Gasteiger partial charge in [0.1, 0.15) is 4.90 Å². The first-order chi connectivity index (χ1) is 9.71. The van der Waals surface area contributed by atoms with Crippen molar-refractivity contribution in [3.63, 3.8) is 0 Å². The molecule has 1 rings (SSSR count). The van der Waals surface area contributed by atoms with Crippen molar-refractivity contribution in [1.29, 1.82) is 0 Å². The van der Waals surface area contributed by atoms with Crippen LogP contribution in [0.15, 0.2) is 17.0 Å². The second-order valence-electron chi connectivity index (χ2n) is 4.24. The molecule has 118 valence electrons. The first-order valence-corrected chi connectivity index (χ1v) is 7.71. The maximum absolute atomic E-state index is 14.1. The average Bonchev–Trinajstić information content (AvgIpc) is 2.40. The number of hydrogen-bond acceptors (Lipinski definition) is 4. The van der Waals surface area contributed by atoms with Crippen LogP contribution in [0.5, 0.6) is 0 Å². The summed E-state index contributed by atoms with van der Waals surface area (Å²) in [6.45, 7) is 0.447. The Labute approximate surface area is 127 Å². The van der Waals surface area contributed by atoms with E-state index >= 15 is 0 Å². The van der Waals surface area contributed by atoms with Crippen LogP contribution in [0.1, 0.15) is 16.8 Å². The average molecular weight is 340 g/mol. The van der Waals surface area contributed by atoms with Crippen molar-refractivity contribution in [3.8, 4) is 0 Å². The number of sulfonamides is 1. The van der Waals surface area contributed by atoms with E-state index in [1.54, 1.807) is 0 Å². The number of methoxy groups -OCH3 is 1. The number of ether oxygens (including phenoxy) is 1. The number of nitrogens with zero attached hydrogens (tertiary/aromatic N) is 1. The quantitative estimate of drug-likeness (QED) is 0.766. The minimum Gasteiger partial charge on any atom is -0.478 e. The fraction of sp³-hybridized carbons (Fsp3) is 0.417. The van der Waals surface area contributed by atoms with E-state index in [4.69, 9.17) is 21.4 Å². The zero-order valence-electron chi connectivity index (χ0n) is 11.5. The van der Waals surface area contributed by atoms with Crippen LogP contribution in [0.3, 0.4) is 0 Å². The number of benzene rings is 1. The topological polar surface area (TPSA) is 83.9 Å². The van der Waals surface area contributed by atoms with Gasteiger partial charge in [-0.25, -0.2) is 21.9 Å². The number of halogens is 2. The standard InChI is InChI=1S/C12H15ClFNO5S/c1-15(4-3-5-20-2)21(18,19)10-7-8(13)6-9(11(10)14)12(16)17/h6-7H,3-5H2,1-2H3,(H,16,17).